The van der Waals surface area contributed by atoms with Gasteiger partial charge in [0.2, 0.25) is 5.91 Å². The van der Waals surface area contributed by atoms with Gasteiger partial charge in [-0.25, -0.2) is 0 Å². The molecule has 100 valence electrons. The molecule has 0 bridgehead atoms. The zero-order valence-corrected chi connectivity index (χ0v) is 9.26. The second-order valence-corrected chi connectivity index (χ2v) is 3.93. The lowest BCUT2D eigenvalue weighted by molar-refractivity contribution is -0.301. The normalized spacial score (nSPS) is 39.9. The summed E-state index contributed by atoms with van der Waals surface area (Å²) in [4.78, 5) is 11.0. The lowest BCUT2D eigenvalue weighted by atomic mass is 9.98. The number of ether oxygens (including phenoxy) is 2. The molecule has 0 aromatic rings. The number of carbonyl (C=O) groups is 1. The first kappa shape index (κ1) is 14.3. The fraction of sp³-hybridized carbons (Fsp3) is 0.889. The third-order valence-corrected chi connectivity index (χ3v) is 2.47. The van der Waals surface area contributed by atoms with Crippen LogP contribution in [-0.2, 0) is 14.3 Å². The van der Waals surface area contributed by atoms with Crippen molar-refractivity contribution in [1.29, 1.82) is 0 Å². The van der Waals surface area contributed by atoms with Crippen LogP contribution < -0.4 is 5.73 Å². The highest BCUT2D eigenvalue weighted by Crippen LogP contribution is 2.22. The maximum absolute atomic E-state index is 11.0. The van der Waals surface area contributed by atoms with E-state index < -0.39 is 42.7 Å². The van der Waals surface area contributed by atoms with Crippen LogP contribution in [0.25, 0.3) is 0 Å². The number of carbonyl (C=O) groups excluding carboxylic acids is 1. The highest BCUT2D eigenvalue weighted by Gasteiger charge is 2.46. The predicted molar refractivity (Wildman–Crippen MR) is 53.5 cm³/mol. The van der Waals surface area contributed by atoms with Gasteiger partial charge in [0.05, 0.1) is 12.7 Å². The van der Waals surface area contributed by atoms with Crippen LogP contribution in [0.5, 0.6) is 0 Å². The Bertz CT molecular complexity index is 274. The van der Waals surface area contributed by atoms with E-state index in [9.17, 15) is 20.1 Å². The van der Waals surface area contributed by atoms with E-state index in [1.165, 1.54) is 6.92 Å². The average Bonchev–Trinajstić information content (AvgIpc) is 2.29. The number of rotatable bonds is 4. The van der Waals surface area contributed by atoms with Gasteiger partial charge in [0.15, 0.2) is 12.4 Å². The van der Waals surface area contributed by atoms with E-state index in [0.717, 1.165) is 0 Å². The van der Waals surface area contributed by atoms with Crippen LogP contribution in [0.2, 0.25) is 0 Å². The lowest BCUT2D eigenvalue weighted by Crippen LogP contribution is -2.62. The highest BCUT2D eigenvalue weighted by molar-refractivity contribution is 5.79. The molecule has 8 heteroatoms. The van der Waals surface area contributed by atoms with Gasteiger partial charge in [-0.15, -0.1) is 0 Å². The van der Waals surface area contributed by atoms with Crippen molar-refractivity contribution in [2.45, 2.75) is 43.7 Å². The number of hydrogen-bond acceptors (Lipinski definition) is 7. The lowest BCUT2D eigenvalue weighted by Gasteiger charge is -2.39. The molecule has 6 N–H and O–H groups in total. The van der Waals surface area contributed by atoms with Crippen LogP contribution in [0.1, 0.15) is 6.92 Å². The molecule has 1 fully saturated rings. The maximum atomic E-state index is 11.0. The molecule has 6 atom stereocenters. The fourth-order valence-electron chi connectivity index (χ4n) is 1.47. The summed E-state index contributed by atoms with van der Waals surface area (Å²) in [5.41, 5.74) is 4.97. The number of aliphatic hydroxyl groups excluding tert-OH is 4. The first-order valence-electron chi connectivity index (χ1n) is 5.13. The number of nitrogens with two attached hydrogens (primary N) is 1. The Labute approximate surface area is 97.6 Å². The molecule has 1 aliphatic heterocycles. The number of amides is 1. The Morgan fingerprint density at radius 2 is 1.94 bits per heavy atom. The van der Waals surface area contributed by atoms with Crippen molar-refractivity contribution in [2.24, 2.45) is 5.73 Å². The van der Waals surface area contributed by atoms with Gasteiger partial charge in [-0.05, 0) is 6.92 Å². The van der Waals surface area contributed by atoms with Crippen molar-refractivity contribution >= 4 is 5.91 Å². The predicted octanol–water partition coefficient (Wildman–Crippen LogP) is -3.32. The second kappa shape index (κ2) is 5.71. The highest BCUT2D eigenvalue weighted by atomic mass is 16.7. The quantitative estimate of drug-likeness (QED) is 0.352. The monoisotopic (exact) mass is 251 g/mol. The minimum atomic E-state index is -1.62. The summed E-state index contributed by atoms with van der Waals surface area (Å²) < 4.78 is 10.00. The summed E-state index contributed by atoms with van der Waals surface area (Å²) in [5, 5.41) is 37.3. The van der Waals surface area contributed by atoms with E-state index in [0.29, 0.717) is 0 Å². The van der Waals surface area contributed by atoms with E-state index in [-0.39, 0.29) is 6.61 Å². The van der Waals surface area contributed by atoms with Crippen LogP contribution in [0, 0.1) is 0 Å². The van der Waals surface area contributed by atoms with Crippen molar-refractivity contribution in [2.75, 3.05) is 6.61 Å². The van der Waals surface area contributed by atoms with Gasteiger partial charge in [0.25, 0.3) is 0 Å². The van der Waals surface area contributed by atoms with Crippen LogP contribution >= 0.6 is 0 Å². The van der Waals surface area contributed by atoms with Gasteiger partial charge in [-0.3, -0.25) is 4.79 Å². The van der Waals surface area contributed by atoms with Gasteiger partial charge < -0.3 is 35.6 Å². The standard InChI is InChI=1S/C9H17NO7/c1-3(2-11)16-9-6(14)4(12)5(13)7(17-9)8(10)15/h3-7,9,11-14H,2H2,1H3,(H2,10,15)/t3?,4?,5-,6+,7?,9-/m1/s1. The summed E-state index contributed by atoms with van der Waals surface area (Å²) in [6.45, 7) is 1.18. The molecule has 8 nitrogen and oxygen atoms in total. The van der Waals surface area contributed by atoms with Gasteiger partial charge in [-0.1, -0.05) is 0 Å². The van der Waals surface area contributed by atoms with E-state index in [2.05, 4.69) is 0 Å². The topological polar surface area (TPSA) is 142 Å². The van der Waals surface area contributed by atoms with Gasteiger partial charge in [0.1, 0.15) is 18.3 Å². The molecule has 1 saturated heterocycles. The molecule has 0 saturated carbocycles. The van der Waals surface area contributed by atoms with Gasteiger partial charge >= 0.3 is 0 Å². The van der Waals surface area contributed by atoms with Crippen molar-refractivity contribution in [1.82, 2.24) is 0 Å². The second-order valence-electron chi connectivity index (χ2n) is 3.93. The molecule has 17 heavy (non-hydrogen) atoms. The molecule has 1 heterocycles. The smallest absolute Gasteiger partial charge is 0.249 e. The van der Waals surface area contributed by atoms with Crippen molar-refractivity contribution in [3.8, 4) is 0 Å². The first-order chi connectivity index (χ1) is 7.88. The zero-order valence-electron chi connectivity index (χ0n) is 9.26. The van der Waals surface area contributed by atoms with Crippen molar-refractivity contribution in [3.05, 3.63) is 0 Å². The fourth-order valence-corrected chi connectivity index (χ4v) is 1.47. The Hall–Kier alpha value is -0.770. The molecule has 0 radical (unpaired) electrons. The molecule has 0 aromatic heterocycles. The summed E-state index contributed by atoms with van der Waals surface area (Å²) in [6.07, 6.45) is -8.23. The summed E-state index contributed by atoms with van der Waals surface area (Å²) in [5.74, 6) is -0.978. The number of hydrogen-bond donors (Lipinski definition) is 5. The Kier molecular flexibility index (Phi) is 4.80. The molecular formula is C9H17NO7. The number of aliphatic hydroxyl groups is 4. The molecule has 0 aromatic carbocycles. The Balaban J connectivity index is 2.74. The average molecular weight is 251 g/mol. The molecule has 0 spiro atoms. The van der Waals surface area contributed by atoms with Gasteiger partial charge in [-0.2, -0.15) is 0 Å². The first-order valence-corrected chi connectivity index (χ1v) is 5.13. The molecule has 3 unspecified atom stereocenters. The largest absolute Gasteiger partial charge is 0.394 e. The molecular weight excluding hydrogens is 234 g/mol. The van der Waals surface area contributed by atoms with Crippen molar-refractivity contribution in [3.63, 3.8) is 0 Å². The van der Waals surface area contributed by atoms with Crippen molar-refractivity contribution < 1.29 is 34.7 Å². The number of primary amides is 1. The Morgan fingerprint density at radius 3 is 2.41 bits per heavy atom. The summed E-state index contributed by atoms with van der Waals surface area (Å²) in [6, 6.07) is 0. The molecule has 1 amide bonds. The van der Waals surface area contributed by atoms with Gasteiger partial charge in [0, 0.05) is 0 Å². The molecule has 1 rings (SSSR count). The van der Waals surface area contributed by atoms with E-state index in [1.54, 1.807) is 0 Å². The molecule has 1 aliphatic rings. The third-order valence-electron chi connectivity index (χ3n) is 2.47. The minimum Gasteiger partial charge on any atom is -0.394 e. The van der Waals surface area contributed by atoms with E-state index in [4.69, 9.17) is 20.3 Å². The Morgan fingerprint density at radius 1 is 1.35 bits per heavy atom. The maximum Gasteiger partial charge on any atom is 0.249 e. The van der Waals surface area contributed by atoms with Crippen LogP contribution in [0.4, 0.5) is 0 Å². The summed E-state index contributed by atoms with van der Waals surface area (Å²) >= 11 is 0. The van der Waals surface area contributed by atoms with E-state index >= 15 is 0 Å². The van der Waals surface area contributed by atoms with Crippen LogP contribution in [0.3, 0.4) is 0 Å². The van der Waals surface area contributed by atoms with Crippen LogP contribution in [0.15, 0.2) is 0 Å². The molecule has 0 aliphatic carbocycles. The zero-order chi connectivity index (χ0) is 13.2. The summed E-state index contributed by atoms with van der Waals surface area (Å²) in [7, 11) is 0. The van der Waals surface area contributed by atoms with E-state index in [1.807, 2.05) is 0 Å². The van der Waals surface area contributed by atoms with Crippen LogP contribution in [-0.4, -0.2) is 69.8 Å². The minimum absolute atomic E-state index is 0.327. The third kappa shape index (κ3) is 3.12. The SMILES string of the molecule is CC(CO)O[C@@H]1OC(C(N)=O)[C@H](O)C(O)[C@@H]1O.